The summed E-state index contributed by atoms with van der Waals surface area (Å²) in [6.07, 6.45) is 3.69. The van der Waals surface area contributed by atoms with E-state index in [0.717, 1.165) is 36.9 Å². The smallest absolute Gasteiger partial charge is 0.253 e. The normalized spacial score (nSPS) is 14.5. The van der Waals surface area contributed by atoms with Gasteiger partial charge in [0.15, 0.2) is 0 Å². The van der Waals surface area contributed by atoms with Crippen molar-refractivity contribution in [3.63, 3.8) is 0 Å². The third-order valence-electron chi connectivity index (χ3n) is 5.60. The molecular weight excluding hydrogens is 414 g/mol. The van der Waals surface area contributed by atoms with Gasteiger partial charge in [-0.1, -0.05) is 25.0 Å². The summed E-state index contributed by atoms with van der Waals surface area (Å²) in [6, 6.07) is 12.4. The molecule has 3 rings (SSSR count). The zero-order valence-electron chi connectivity index (χ0n) is 18.6. The van der Waals surface area contributed by atoms with Gasteiger partial charge in [-0.05, 0) is 48.7 Å². The molecule has 1 fully saturated rings. The number of rotatable bonds is 8. The standard InChI is InChI=1S/C23H31N3O4S/c1-25(2)20-12-9-17(10-13-20)16-26(3)23(27)18-11-14-21(30-4)22(15-18)31(28,29)24-19-7-5-6-8-19/h9-15,19,24H,5-8,16H2,1-4H3. The first-order chi connectivity index (χ1) is 14.7. The fourth-order valence-electron chi connectivity index (χ4n) is 3.81. The molecule has 1 N–H and O–H groups in total. The lowest BCUT2D eigenvalue weighted by Gasteiger charge is -2.20. The average molecular weight is 446 g/mol. The number of anilines is 1. The lowest BCUT2D eigenvalue weighted by Crippen LogP contribution is -2.33. The van der Waals surface area contributed by atoms with Crippen molar-refractivity contribution in [2.75, 3.05) is 33.2 Å². The summed E-state index contributed by atoms with van der Waals surface area (Å²) in [6.45, 7) is 0.418. The van der Waals surface area contributed by atoms with E-state index in [4.69, 9.17) is 4.74 Å². The lowest BCUT2D eigenvalue weighted by atomic mass is 10.1. The topological polar surface area (TPSA) is 79.0 Å². The van der Waals surface area contributed by atoms with Gasteiger partial charge >= 0.3 is 0 Å². The molecule has 0 heterocycles. The van der Waals surface area contributed by atoms with Crippen molar-refractivity contribution in [1.82, 2.24) is 9.62 Å². The first-order valence-electron chi connectivity index (χ1n) is 10.4. The van der Waals surface area contributed by atoms with Crippen molar-refractivity contribution < 1.29 is 17.9 Å². The number of carbonyl (C=O) groups is 1. The maximum Gasteiger partial charge on any atom is 0.253 e. The van der Waals surface area contributed by atoms with E-state index in [9.17, 15) is 13.2 Å². The van der Waals surface area contributed by atoms with Crippen LogP contribution < -0.4 is 14.4 Å². The minimum absolute atomic E-state index is 0.00325. The molecule has 1 aliphatic rings. The Balaban J connectivity index is 1.79. The van der Waals surface area contributed by atoms with Crippen LogP contribution in [-0.4, -0.2) is 53.5 Å². The van der Waals surface area contributed by atoms with Crippen LogP contribution in [0.15, 0.2) is 47.4 Å². The predicted octanol–water partition coefficient (Wildman–Crippen LogP) is 3.25. The first-order valence-corrected chi connectivity index (χ1v) is 11.9. The SMILES string of the molecule is COc1ccc(C(=O)N(C)Cc2ccc(N(C)C)cc2)cc1S(=O)(=O)NC1CCCC1. The number of methoxy groups -OCH3 is 1. The second-order valence-corrected chi connectivity index (χ2v) is 9.87. The van der Waals surface area contributed by atoms with E-state index in [1.807, 2.05) is 43.3 Å². The van der Waals surface area contributed by atoms with Gasteiger partial charge in [0.2, 0.25) is 10.0 Å². The maximum absolute atomic E-state index is 13.0. The molecule has 0 aliphatic heterocycles. The number of sulfonamides is 1. The number of carbonyl (C=O) groups excluding carboxylic acids is 1. The summed E-state index contributed by atoms with van der Waals surface area (Å²) in [7, 11) is 3.29. The molecule has 2 aromatic carbocycles. The number of ether oxygens (including phenoxy) is 1. The highest BCUT2D eigenvalue weighted by molar-refractivity contribution is 7.89. The molecule has 1 amide bonds. The first kappa shape index (κ1) is 23.1. The van der Waals surface area contributed by atoms with Crippen LogP contribution in [0.1, 0.15) is 41.6 Å². The summed E-state index contributed by atoms with van der Waals surface area (Å²) in [4.78, 5) is 16.6. The van der Waals surface area contributed by atoms with Gasteiger partial charge in [0.25, 0.3) is 5.91 Å². The van der Waals surface area contributed by atoms with Crippen molar-refractivity contribution in [1.29, 1.82) is 0 Å². The van der Waals surface area contributed by atoms with Gasteiger partial charge < -0.3 is 14.5 Å². The largest absolute Gasteiger partial charge is 0.495 e. The van der Waals surface area contributed by atoms with Crippen LogP contribution in [0.3, 0.4) is 0 Å². The molecule has 31 heavy (non-hydrogen) atoms. The predicted molar refractivity (Wildman–Crippen MR) is 122 cm³/mol. The molecule has 0 radical (unpaired) electrons. The number of nitrogens with one attached hydrogen (secondary N) is 1. The third kappa shape index (κ3) is 5.57. The van der Waals surface area contributed by atoms with Gasteiger partial charge in [0.1, 0.15) is 10.6 Å². The number of nitrogens with zero attached hydrogens (tertiary/aromatic N) is 2. The Bertz CT molecular complexity index is 1010. The van der Waals surface area contributed by atoms with E-state index in [1.54, 1.807) is 18.0 Å². The summed E-state index contributed by atoms with van der Waals surface area (Å²) in [5.74, 6) is -0.0272. The van der Waals surface area contributed by atoms with Gasteiger partial charge in [-0.3, -0.25) is 4.79 Å². The zero-order chi connectivity index (χ0) is 22.6. The Hall–Kier alpha value is -2.58. The number of hydrogen-bond acceptors (Lipinski definition) is 5. The zero-order valence-corrected chi connectivity index (χ0v) is 19.4. The summed E-state index contributed by atoms with van der Waals surface area (Å²) in [5, 5.41) is 0. The number of amides is 1. The Morgan fingerprint density at radius 2 is 1.71 bits per heavy atom. The molecule has 1 aliphatic carbocycles. The minimum Gasteiger partial charge on any atom is -0.495 e. The fraction of sp³-hybridized carbons (Fsp3) is 0.435. The molecule has 8 heteroatoms. The summed E-state index contributed by atoms with van der Waals surface area (Å²) < 4.78 is 34.0. The average Bonchev–Trinajstić information content (AvgIpc) is 3.25. The van der Waals surface area contributed by atoms with Crippen molar-refractivity contribution in [3.8, 4) is 5.75 Å². The molecule has 0 saturated heterocycles. The van der Waals surface area contributed by atoms with Crippen molar-refractivity contribution in [3.05, 3.63) is 53.6 Å². The van der Waals surface area contributed by atoms with Gasteiger partial charge in [-0.2, -0.15) is 0 Å². The van der Waals surface area contributed by atoms with Crippen LogP contribution in [0.25, 0.3) is 0 Å². The van der Waals surface area contributed by atoms with E-state index < -0.39 is 10.0 Å². The second kappa shape index (κ2) is 9.70. The highest BCUT2D eigenvalue weighted by Crippen LogP contribution is 2.28. The summed E-state index contributed by atoms with van der Waals surface area (Å²) in [5.41, 5.74) is 2.38. The third-order valence-corrected chi connectivity index (χ3v) is 7.14. The van der Waals surface area contributed by atoms with Crippen molar-refractivity contribution in [2.45, 2.75) is 43.2 Å². The maximum atomic E-state index is 13.0. The molecule has 0 spiro atoms. The second-order valence-electron chi connectivity index (χ2n) is 8.19. The quantitative estimate of drug-likeness (QED) is 0.675. The highest BCUT2D eigenvalue weighted by Gasteiger charge is 2.27. The monoisotopic (exact) mass is 445 g/mol. The molecule has 0 atom stereocenters. The van der Waals surface area contributed by atoms with Crippen LogP contribution >= 0.6 is 0 Å². The van der Waals surface area contributed by atoms with E-state index in [2.05, 4.69) is 4.72 Å². The molecule has 0 bridgehead atoms. The molecule has 1 saturated carbocycles. The molecule has 2 aromatic rings. The van der Waals surface area contributed by atoms with Crippen LogP contribution in [0.4, 0.5) is 5.69 Å². The van der Waals surface area contributed by atoms with E-state index in [0.29, 0.717) is 12.1 Å². The van der Waals surface area contributed by atoms with Gasteiger partial charge in [-0.15, -0.1) is 0 Å². The van der Waals surface area contributed by atoms with Gasteiger partial charge in [0.05, 0.1) is 7.11 Å². The molecular formula is C23H31N3O4S. The van der Waals surface area contributed by atoms with E-state index in [-0.39, 0.29) is 22.6 Å². The van der Waals surface area contributed by atoms with Crippen molar-refractivity contribution in [2.24, 2.45) is 0 Å². The molecule has 168 valence electrons. The van der Waals surface area contributed by atoms with Crippen LogP contribution in [0, 0.1) is 0 Å². The van der Waals surface area contributed by atoms with E-state index in [1.165, 1.54) is 19.2 Å². The Morgan fingerprint density at radius 1 is 1.06 bits per heavy atom. The molecule has 0 aromatic heterocycles. The lowest BCUT2D eigenvalue weighted by molar-refractivity contribution is 0.0785. The van der Waals surface area contributed by atoms with Gasteiger partial charge in [-0.25, -0.2) is 13.1 Å². The fourth-order valence-corrected chi connectivity index (χ4v) is 5.31. The Morgan fingerprint density at radius 3 is 2.29 bits per heavy atom. The minimum atomic E-state index is -3.79. The number of benzene rings is 2. The summed E-state index contributed by atoms with van der Waals surface area (Å²) >= 11 is 0. The van der Waals surface area contributed by atoms with Crippen LogP contribution in [-0.2, 0) is 16.6 Å². The molecule has 0 unspecified atom stereocenters. The van der Waals surface area contributed by atoms with Gasteiger partial charge in [0, 0.05) is 45.0 Å². The number of hydrogen-bond donors (Lipinski definition) is 1. The van der Waals surface area contributed by atoms with Crippen molar-refractivity contribution >= 4 is 21.6 Å². The van der Waals surface area contributed by atoms with Crippen LogP contribution in [0.5, 0.6) is 5.75 Å². The molecule has 7 nitrogen and oxygen atoms in total. The van der Waals surface area contributed by atoms with Crippen LogP contribution in [0.2, 0.25) is 0 Å². The Labute approximate surface area is 185 Å². The van der Waals surface area contributed by atoms with E-state index >= 15 is 0 Å². The Kier molecular flexibility index (Phi) is 7.23. The highest BCUT2D eigenvalue weighted by atomic mass is 32.2.